The van der Waals surface area contributed by atoms with Crippen LogP contribution in [0, 0.1) is 0 Å². The van der Waals surface area contributed by atoms with Gasteiger partial charge >= 0.3 is 0 Å². The van der Waals surface area contributed by atoms with Gasteiger partial charge in [-0.15, -0.1) is 0 Å². The van der Waals surface area contributed by atoms with Crippen molar-refractivity contribution in [2.75, 3.05) is 27.4 Å². The average Bonchev–Trinajstić information content (AvgIpc) is 3.51. The Labute approximate surface area is 168 Å². The second kappa shape index (κ2) is 8.40. The summed E-state index contributed by atoms with van der Waals surface area (Å²) in [5.41, 5.74) is 3.03. The third-order valence-corrected chi connectivity index (χ3v) is 4.82. The summed E-state index contributed by atoms with van der Waals surface area (Å²) in [4.78, 5) is 21.7. The monoisotopic (exact) mass is 393 g/mol. The van der Waals surface area contributed by atoms with Crippen LogP contribution in [0.5, 0.6) is 5.75 Å². The Hall–Kier alpha value is -3.26. The molecule has 1 aliphatic carbocycles. The average molecular weight is 393 g/mol. The summed E-state index contributed by atoms with van der Waals surface area (Å²) in [6.07, 6.45) is 5.34. The molecular formula is C21H23N5O3. The van der Waals surface area contributed by atoms with Gasteiger partial charge in [-0.1, -0.05) is 12.1 Å². The van der Waals surface area contributed by atoms with Gasteiger partial charge in [0.05, 0.1) is 36.9 Å². The number of amides is 1. The third-order valence-electron chi connectivity index (χ3n) is 4.82. The molecule has 3 aromatic rings. The number of benzene rings is 1. The highest BCUT2D eigenvalue weighted by molar-refractivity contribution is 5.95. The standard InChI is InChI=1S/C21H23N5O3/c1-28-12-11-22-20(27)16-13-24-26(19(16)14-7-8-14)21-23-10-9-17(25-21)15-5-3-4-6-18(15)29-2/h3-6,9-10,13-14H,7-8,11-12H2,1-2H3,(H,22,27). The third kappa shape index (κ3) is 3.97. The van der Waals surface area contributed by atoms with E-state index in [9.17, 15) is 4.79 Å². The highest BCUT2D eigenvalue weighted by Gasteiger charge is 2.33. The number of hydrogen-bond acceptors (Lipinski definition) is 6. The predicted octanol–water partition coefficient (Wildman–Crippen LogP) is 2.59. The molecule has 1 amide bonds. The summed E-state index contributed by atoms with van der Waals surface area (Å²) in [5.74, 6) is 1.31. The summed E-state index contributed by atoms with van der Waals surface area (Å²) in [7, 11) is 3.24. The number of carbonyl (C=O) groups is 1. The minimum absolute atomic E-state index is 0.156. The first-order valence-electron chi connectivity index (χ1n) is 9.54. The van der Waals surface area contributed by atoms with Crippen LogP contribution in [0.15, 0.2) is 42.7 Å². The van der Waals surface area contributed by atoms with E-state index in [4.69, 9.17) is 14.5 Å². The van der Waals surface area contributed by atoms with Crippen LogP contribution in [0.25, 0.3) is 17.2 Å². The van der Waals surface area contributed by atoms with Gasteiger partial charge in [-0.3, -0.25) is 4.79 Å². The zero-order chi connectivity index (χ0) is 20.2. The molecule has 0 radical (unpaired) electrons. The number of rotatable bonds is 8. The second-order valence-corrected chi connectivity index (χ2v) is 6.82. The molecule has 0 aliphatic heterocycles. The van der Waals surface area contributed by atoms with Crippen molar-refractivity contribution in [1.29, 1.82) is 0 Å². The lowest BCUT2D eigenvalue weighted by Crippen LogP contribution is -2.27. The molecule has 0 spiro atoms. The van der Waals surface area contributed by atoms with E-state index >= 15 is 0 Å². The first-order chi connectivity index (χ1) is 14.2. The second-order valence-electron chi connectivity index (χ2n) is 6.82. The van der Waals surface area contributed by atoms with Crippen LogP contribution < -0.4 is 10.1 Å². The van der Waals surface area contributed by atoms with Gasteiger partial charge in [0.25, 0.3) is 11.9 Å². The van der Waals surface area contributed by atoms with E-state index in [2.05, 4.69) is 15.4 Å². The molecule has 1 N–H and O–H groups in total. The van der Waals surface area contributed by atoms with E-state index in [1.54, 1.807) is 31.3 Å². The fourth-order valence-corrected chi connectivity index (χ4v) is 3.26. The fourth-order valence-electron chi connectivity index (χ4n) is 3.26. The Balaban J connectivity index is 1.70. The smallest absolute Gasteiger partial charge is 0.254 e. The van der Waals surface area contributed by atoms with E-state index in [0.29, 0.717) is 30.6 Å². The largest absolute Gasteiger partial charge is 0.496 e. The number of nitrogens with one attached hydrogen (secondary N) is 1. The number of carbonyl (C=O) groups excluding carboxylic acids is 1. The Morgan fingerprint density at radius 3 is 2.83 bits per heavy atom. The van der Waals surface area contributed by atoms with Crippen molar-refractivity contribution in [2.45, 2.75) is 18.8 Å². The highest BCUT2D eigenvalue weighted by atomic mass is 16.5. The topological polar surface area (TPSA) is 91.2 Å². The lowest BCUT2D eigenvalue weighted by Gasteiger charge is -2.10. The van der Waals surface area contributed by atoms with Gasteiger partial charge in [0.1, 0.15) is 5.75 Å². The molecule has 8 nitrogen and oxygen atoms in total. The number of hydrogen-bond donors (Lipinski definition) is 1. The maximum atomic E-state index is 12.6. The van der Waals surface area contributed by atoms with Gasteiger partial charge in [0, 0.05) is 31.3 Å². The van der Waals surface area contributed by atoms with Crippen molar-refractivity contribution in [1.82, 2.24) is 25.1 Å². The Morgan fingerprint density at radius 1 is 1.24 bits per heavy atom. The van der Waals surface area contributed by atoms with E-state index in [1.807, 2.05) is 30.3 Å². The minimum Gasteiger partial charge on any atom is -0.496 e. The lowest BCUT2D eigenvalue weighted by atomic mass is 10.1. The zero-order valence-corrected chi connectivity index (χ0v) is 16.5. The summed E-state index contributed by atoms with van der Waals surface area (Å²) in [6, 6.07) is 9.52. The van der Waals surface area contributed by atoms with E-state index in [1.165, 1.54) is 0 Å². The summed E-state index contributed by atoms with van der Waals surface area (Å²) in [6.45, 7) is 0.910. The Kier molecular flexibility index (Phi) is 5.53. The highest BCUT2D eigenvalue weighted by Crippen LogP contribution is 2.42. The van der Waals surface area contributed by atoms with E-state index in [0.717, 1.165) is 35.5 Å². The molecule has 1 aliphatic rings. The summed E-state index contributed by atoms with van der Waals surface area (Å²) in [5, 5.41) is 7.31. The van der Waals surface area contributed by atoms with Crippen LogP contribution in [0.3, 0.4) is 0 Å². The van der Waals surface area contributed by atoms with Crippen molar-refractivity contribution in [3.05, 3.63) is 54.0 Å². The van der Waals surface area contributed by atoms with Gasteiger partial charge < -0.3 is 14.8 Å². The number of ether oxygens (including phenoxy) is 2. The molecule has 29 heavy (non-hydrogen) atoms. The summed E-state index contributed by atoms with van der Waals surface area (Å²) >= 11 is 0. The van der Waals surface area contributed by atoms with Crippen LogP contribution in [0.2, 0.25) is 0 Å². The van der Waals surface area contributed by atoms with Crippen molar-refractivity contribution < 1.29 is 14.3 Å². The Morgan fingerprint density at radius 2 is 2.07 bits per heavy atom. The van der Waals surface area contributed by atoms with Gasteiger partial charge in [0.15, 0.2) is 0 Å². The van der Waals surface area contributed by atoms with Crippen molar-refractivity contribution in [2.24, 2.45) is 0 Å². The quantitative estimate of drug-likeness (QED) is 0.592. The molecule has 0 unspecified atom stereocenters. The molecule has 0 saturated heterocycles. The maximum absolute atomic E-state index is 12.6. The first-order valence-corrected chi connectivity index (χ1v) is 9.54. The van der Waals surface area contributed by atoms with Crippen molar-refractivity contribution in [3.8, 4) is 23.0 Å². The zero-order valence-electron chi connectivity index (χ0n) is 16.5. The van der Waals surface area contributed by atoms with E-state index in [-0.39, 0.29) is 5.91 Å². The van der Waals surface area contributed by atoms with Gasteiger partial charge in [-0.05, 0) is 31.0 Å². The Bertz CT molecular complexity index is 1010. The van der Waals surface area contributed by atoms with Crippen LogP contribution >= 0.6 is 0 Å². The molecule has 1 saturated carbocycles. The molecule has 150 valence electrons. The lowest BCUT2D eigenvalue weighted by molar-refractivity contribution is 0.0936. The van der Waals surface area contributed by atoms with Crippen molar-refractivity contribution >= 4 is 5.91 Å². The van der Waals surface area contributed by atoms with E-state index < -0.39 is 0 Å². The van der Waals surface area contributed by atoms with Gasteiger partial charge in [0.2, 0.25) is 0 Å². The molecule has 0 bridgehead atoms. The molecule has 2 aromatic heterocycles. The molecule has 1 aromatic carbocycles. The summed E-state index contributed by atoms with van der Waals surface area (Å²) < 4.78 is 12.1. The molecule has 2 heterocycles. The molecular weight excluding hydrogens is 370 g/mol. The fraction of sp³-hybridized carbons (Fsp3) is 0.333. The number of methoxy groups -OCH3 is 2. The molecule has 4 rings (SSSR count). The van der Waals surface area contributed by atoms with Crippen LogP contribution in [-0.4, -0.2) is 53.0 Å². The minimum atomic E-state index is -0.156. The SMILES string of the molecule is COCCNC(=O)c1cnn(-c2nccc(-c3ccccc3OC)n2)c1C1CC1. The molecule has 8 heteroatoms. The van der Waals surface area contributed by atoms with Crippen molar-refractivity contribution in [3.63, 3.8) is 0 Å². The van der Waals surface area contributed by atoms with Crippen LogP contribution in [-0.2, 0) is 4.74 Å². The predicted molar refractivity (Wildman–Crippen MR) is 107 cm³/mol. The maximum Gasteiger partial charge on any atom is 0.254 e. The number of para-hydroxylation sites is 1. The molecule has 1 fully saturated rings. The van der Waals surface area contributed by atoms with Crippen LogP contribution in [0.1, 0.15) is 34.8 Å². The molecule has 0 atom stereocenters. The number of nitrogens with zero attached hydrogens (tertiary/aromatic N) is 4. The van der Waals surface area contributed by atoms with Gasteiger partial charge in [-0.2, -0.15) is 5.10 Å². The number of aromatic nitrogens is 4. The van der Waals surface area contributed by atoms with Gasteiger partial charge in [-0.25, -0.2) is 14.6 Å². The first kappa shape index (κ1) is 19.1. The normalized spacial score (nSPS) is 13.3. The van der Waals surface area contributed by atoms with Crippen LogP contribution in [0.4, 0.5) is 0 Å².